The lowest BCUT2D eigenvalue weighted by Gasteiger charge is -2.00. The minimum atomic E-state index is -4.12. The van der Waals surface area contributed by atoms with E-state index in [-0.39, 0.29) is 19.0 Å². The van der Waals surface area contributed by atoms with E-state index >= 15 is 0 Å². The fourth-order valence-corrected chi connectivity index (χ4v) is 1.65. The van der Waals surface area contributed by atoms with Crippen LogP contribution in [0, 0.1) is 0 Å². The number of unbranched alkanes of at least 4 members (excludes halogenated alkanes) is 1. The molecule has 0 amide bonds. The average Bonchev–Trinajstić information content (AvgIpc) is 1.81. The van der Waals surface area contributed by atoms with E-state index in [2.05, 4.69) is 0 Å². The summed E-state index contributed by atoms with van der Waals surface area (Å²) in [6, 6.07) is 0. The topological polar surface area (TPSA) is 115 Å². The average molecular weight is 230 g/mol. The zero-order valence-electron chi connectivity index (χ0n) is 6.78. The zero-order chi connectivity index (χ0) is 10.5. The van der Waals surface area contributed by atoms with Crippen molar-refractivity contribution in [2.75, 3.05) is 6.16 Å². The van der Waals surface area contributed by atoms with Crippen molar-refractivity contribution in [3.05, 3.63) is 11.9 Å². The molecule has 0 fully saturated rings. The Morgan fingerprint density at radius 2 is 1.62 bits per heavy atom. The van der Waals surface area contributed by atoms with Crippen LogP contribution < -0.4 is 0 Å². The van der Waals surface area contributed by atoms with Crippen LogP contribution in [0.1, 0.15) is 12.8 Å². The first kappa shape index (κ1) is 13.0. The van der Waals surface area contributed by atoms with E-state index in [0.29, 0.717) is 0 Å². The fourth-order valence-electron chi connectivity index (χ4n) is 0.627. The fraction of sp³-hybridized carbons (Fsp3) is 0.600. The van der Waals surface area contributed by atoms with Crippen LogP contribution in [-0.4, -0.2) is 25.7 Å². The Hall–Kier alpha value is 0.0400. The van der Waals surface area contributed by atoms with Crippen molar-refractivity contribution in [2.45, 2.75) is 12.8 Å². The molecule has 0 aliphatic rings. The van der Waals surface area contributed by atoms with Crippen molar-refractivity contribution in [3.63, 3.8) is 0 Å². The first-order chi connectivity index (χ1) is 5.71. The molecule has 0 unspecified atom stereocenters. The third-order valence-electron chi connectivity index (χ3n) is 1.12. The third-order valence-corrected chi connectivity index (χ3v) is 2.62. The SMILES string of the molecule is O=P(O)(O)C=CCCCP(=O)(O)O. The van der Waals surface area contributed by atoms with Crippen LogP contribution in [0.15, 0.2) is 11.9 Å². The lowest BCUT2D eigenvalue weighted by molar-refractivity contribution is 0.371. The second-order valence-corrected chi connectivity index (χ2v) is 5.76. The van der Waals surface area contributed by atoms with Crippen LogP contribution in [0.2, 0.25) is 0 Å². The Bertz CT molecular complexity index is 260. The second-order valence-electron chi connectivity index (χ2n) is 2.50. The molecule has 0 bridgehead atoms. The third kappa shape index (κ3) is 12.0. The molecule has 0 atom stereocenters. The lowest BCUT2D eigenvalue weighted by atomic mass is 10.3. The molecule has 8 heteroatoms. The Morgan fingerprint density at radius 1 is 1.08 bits per heavy atom. The van der Waals surface area contributed by atoms with Gasteiger partial charge in [0.15, 0.2) is 0 Å². The maximum absolute atomic E-state index is 10.3. The summed E-state index contributed by atoms with van der Waals surface area (Å²) < 4.78 is 20.6. The number of hydrogen-bond donors (Lipinski definition) is 4. The van der Waals surface area contributed by atoms with Gasteiger partial charge in [-0.15, -0.1) is 0 Å². The van der Waals surface area contributed by atoms with Crippen LogP contribution in [0.25, 0.3) is 0 Å². The minimum Gasteiger partial charge on any atom is -0.324 e. The van der Waals surface area contributed by atoms with E-state index in [1.54, 1.807) is 0 Å². The monoisotopic (exact) mass is 230 g/mol. The van der Waals surface area contributed by atoms with Gasteiger partial charge in [0.2, 0.25) is 0 Å². The highest BCUT2D eigenvalue weighted by molar-refractivity contribution is 7.55. The van der Waals surface area contributed by atoms with Gasteiger partial charge in [-0.3, -0.25) is 9.13 Å². The minimum absolute atomic E-state index is 0.209. The van der Waals surface area contributed by atoms with Gasteiger partial charge in [-0.1, -0.05) is 6.08 Å². The van der Waals surface area contributed by atoms with E-state index < -0.39 is 15.2 Å². The van der Waals surface area contributed by atoms with Crippen molar-refractivity contribution in [1.29, 1.82) is 0 Å². The van der Waals surface area contributed by atoms with Gasteiger partial charge in [0, 0.05) is 5.82 Å². The molecule has 0 radical (unpaired) electrons. The molecule has 0 saturated heterocycles. The van der Waals surface area contributed by atoms with Crippen molar-refractivity contribution in [1.82, 2.24) is 0 Å². The molecule has 0 aromatic heterocycles. The van der Waals surface area contributed by atoms with Gasteiger partial charge in [-0.05, 0) is 12.8 Å². The van der Waals surface area contributed by atoms with Crippen LogP contribution in [0.4, 0.5) is 0 Å². The van der Waals surface area contributed by atoms with Gasteiger partial charge in [0.25, 0.3) is 0 Å². The van der Waals surface area contributed by atoms with Gasteiger partial charge in [0.05, 0.1) is 6.16 Å². The lowest BCUT2D eigenvalue weighted by Crippen LogP contribution is -1.86. The molecule has 0 aromatic rings. The quantitative estimate of drug-likeness (QED) is 0.406. The van der Waals surface area contributed by atoms with Crippen LogP contribution in [0.3, 0.4) is 0 Å². The Kier molecular flexibility index (Phi) is 5.07. The number of rotatable bonds is 5. The molecule has 0 aromatic carbocycles. The number of allylic oxidation sites excluding steroid dienone is 1. The molecule has 0 rings (SSSR count). The molecule has 0 aliphatic heterocycles. The summed E-state index contributed by atoms with van der Waals surface area (Å²) in [5.41, 5.74) is 0. The largest absolute Gasteiger partial charge is 0.348 e. The van der Waals surface area contributed by atoms with Crippen molar-refractivity contribution in [3.8, 4) is 0 Å². The normalized spacial score (nSPS) is 13.8. The smallest absolute Gasteiger partial charge is 0.324 e. The van der Waals surface area contributed by atoms with Crippen LogP contribution >= 0.6 is 15.2 Å². The van der Waals surface area contributed by atoms with Crippen LogP contribution in [0.5, 0.6) is 0 Å². The summed E-state index contributed by atoms with van der Waals surface area (Å²) in [4.78, 5) is 33.5. The summed E-state index contributed by atoms with van der Waals surface area (Å²) in [5, 5.41) is 0. The molecule has 6 nitrogen and oxygen atoms in total. The highest BCUT2D eigenvalue weighted by Gasteiger charge is 2.11. The highest BCUT2D eigenvalue weighted by Crippen LogP contribution is 2.37. The molecule has 4 N–H and O–H groups in total. The molecule has 13 heavy (non-hydrogen) atoms. The predicted molar refractivity (Wildman–Crippen MR) is 47.3 cm³/mol. The van der Waals surface area contributed by atoms with Gasteiger partial charge in [-0.2, -0.15) is 0 Å². The molecule has 0 heterocycles. The van der Waals surface area contributed by atoms with E-state index in [4.69, 9.17) is 19.6 Å². The summed E-state index contributed by atoms with van der Waals surface area (Å²) >= 11 is 0. The van der Waals surface area contributed by atoms with E-state index in [1.165, 1.54) is 6.08 Å². The van der Waals surface area contributed by atoms with Gasteiger partial charge in [0.1, 0.15) is 0 Å². The van der Waals surface area contributed by atoms with Crippen molar-refractivity contribution < 1.29 is 28.7 Å². The molecule has 0 saturated carbocycles. The predicted octanol–water partition coefficient (Wildman–Crippen LogP) is 0.636. The van der Waals surface area contributed by atoms with Gasteiger partial charge in [-0.25, -0.2) is 0 Å². The molecule has 0 spiro atoms. The molecule has 0 aliphatic carbocycles. The molecule has 78 valence electrons. The standard InChI is InChI=1S/C5H12O6P2/c6-12(7,8)4-2-1-3-5-13(9,10)11/h2,4H,1,3,5H2,(H2,6,7,8)(H2,9,10,11). The van der Waals surface area contributed by atoms with Gasteiger partial charge < -0.3 is 19.6 Å². The maximum Gasteiger partial charge on any atom is 0.348 e. The van der Waals surface area contributed by atoms with Gasteiger partial charge >= 0.3 is 15.2 Å². The van der Waals surface area contributed by atoms with E-state index in [1.807, 2.05) is 0 Å². The summed E-state index contributed by atoms with van der Waals surface area (Å²) in [6.45, 7) is 0. The Labute approximate surface area is 75.6 Å². The van der Waals surface area contributed by atoms with E-state index in [0.717, 1.165) is 5.82 Å². The maximum atomic E-state index is 10.3. The van der Waals surface area contributed by atoms with Crippen molar-refractivity contribution in [2.24, 2.45) is 0 Å². The van der Waals surface area contributed by atoms with Crippen molar-refractivity contribution >= 4 is 15.2 Å². The second kappa shape index (κ2) is 5.05. The first-order valence-corrected chi connectivity index (χ1v) is 6.96. The number of hydrogen-bond acceptors (Lipinski definition) is 2. The molecular formula is C5H12O6P2. The summed E-state index contributed by atoms with van der Waals surface area (Å²) in [6.07, 6.45) is 1.41. The zero-order valence-corrected chi connectivity index (χ0v) is 8.56. The first-order valence-electron chi connectivity index (χ1n) is 3.48. The summed E-state index contributed by atoms with van der Waals surface area (Å²) in [7, 11) is -8.10. The van der Waals surface area contributed by atoms with Crippen LogP contribution in [-0.2, 0) is 9.13 Å². The Morgan fingerprint density at radius 3 is 2.00 bits per heavy atom. The molecular weight excluding hydrogens is 218 g/mol. The summed E-state index contributed by atoms with van der Waals surface area (Å²) in [5.74, 6) is 0.729. The van der Waals surface area contributed by atoms with E-state index in [9.17, 15) is 9.13 Å². The highest BCUT2D eigenvalue weighted by atomic mass is 31.2. The Balaban J connectivity index is 3.65.